The van der Waals surface area contributed by atoms with Crippen LogP contribution in [-0.2, 0) is 6.54 Å². The summed E-state index contributed by atoms with van der Waals surface area (Å²) in [6, 6.07) is 8.88. The van der Waals surface area contributed by atoms with Crippen LogP contribution in [0.1, 0.15) is 5.56 Å². The van der Waals surface area contributed by atoms with Gasteiger partial charge in [-0.25, -0.2) is 0 Å². The molecule has 0 fully saturated rings. The van der Waals surface area contributed by atoms with E-state index in [1.54, 1.807) is 6.07 Å². The van der Waals surface area contributed by atoms with Gasteiger partial charge in [0.1, 0.15) is 5.75 Å². The van der Waals surface area contributed by atoms with E-state index in [9.17, 15) is 0 Å². The molecule has 0 aliphatic heterocycles. The number of rotatable bonds is 3. The van der Waals surface area contributed by atoms with Gasteiger partial charge in [-0.3, -0.25) is 0 Å². The van der Waals surface area contributed by atoms with Crippen molar-refractivity contribution in [3.05, 3.63) is 46.2 Å². The Labute approximate surface area is 108 Å². The van der Waals surface area contributed by atoms with Gasteiger partial charge in [0.05, 0.1) is 0 Å². The molecule has 0 atom stereocenters. The van der Waals surface area contributed by atoms with Crippen LogP contribution < -0.4 is 10.5 Å². The van der Waals surface area contributed by atoms with Gasteiger partial charge in [-0.05, 0) is 17.7 Å². The van der Waals surface area contributed by atoms with Crippen molar-refractivity contribution in [1.82, 2.24) is 10.2 Å². The summed E-state index contributed by atoms with van der Waals surface area (Å²) in [6.45, 7) is 0.445. The first kappa shape index (κ1) is 12.1. The van der Waals surface area contributed by atoms with Crippen molar-refractivity contribution in [3.8, 4) is 11.5 Å². The topological polar surface area (TPSA) is 61.0 Å². The molecule has 0 unspecified atom stereocenters. The maximum absolute atomic E-state index is 5.84. The summed E-state index contributed by atoms with van der Waals surface area (Å²) in [5, 5.41) is 7.63. The number of hydrogen-bond acceptors (Lipinski definition) is 4. The Morgan fingerprint density at radius 1 is 1.18 bits per heavy atom. The minimum absolute atomic E-state index is 0.160. The van der Waals surface area contributed by atoms with Crippen molar-refractivity contribution >= 4 is 23.2 Å². The van der Waals surface area contributed by atoms with Crippen LogP contribution in [0.4, 0.5) is 0 Å². The number of hydrogen-bond donors (Lipinski definition) is 1. The zero-order valence-electron chi connectivity index (χ0n) is 8.73. The Bertz CT molecular complexity index is 534. The smallest absolute Gasteiger partial charge is 0.194 e. The highest BCUT2D eigenvalue weighted by Crippen LogP contribution is 2.29. The summed E-state index contributed by atoms with van der Waals surface area (Å²) in [6.07, 6.45) is 0. The Balaban J connectivity index is 2.27. The van der Waals surface area contributed by atoms with Gasteiger partial charge < -0.3 is 10.5 Å². The van der Waals surface area contributed by atoms with E-state index < -0.39 is 0 Å². The van der Waals surface area contributed by atoms with Gasteiger partial charge in [0.25, 0.3) is 0 Å². The van der Waals surface area contributed by atoms with Gasteiger partial charge in [-0.15, -0.1) is 10.2 Å². The van der Waals surface area contributed by atoms with E-state index in [-0.39, 0.29) is 10.3 Å². The summed E-state index contributed by atoms with van der Waals surface area (Å²) in [4.78, 5) is 0. The van der Waals surface area contributed by atoms with Crippen LogP contribution in [-0.4, -0.2) is 10.2 Å². The number of aromatic nitrogens is 2. The van der Waals surface area contributed by atoms with E-state index in [1.807, 2.05) is 18.2 Å². The van der Waals surface area contributed by atoms with Crippen LogP contribution in [0.2, 0.25) is 10.3 Å². The first-order chi connectivity index (χ1) is 8.19. The highest BCUT2D eigenvalue weighted by Gasteiger charge is 2.07. The molecule has 2 N–H and O–H groups in total. The van der Waals surface area contributed by atoms with Gasteiger partial charge in [0, 0.05) is 12.6 Å². The third kappa shape index (κ3) is 3.06. The van der Waals surface area contributed by atoms with E-state index in [0.29, 0.717) is 18.0 Å². The van der Waals surface area contributed by atoms with Gasteiger partial charge in [-0.2, -0.15) is 0 Å². The van der Waals surface area contributed by atoms with Crippen molar-refractivity contribution < 1.29 is 4.74 Å². The lowest BCUT2D eigenvalue weighted by Crippen LogP contribution is -1.96. The first-order valence-corrected chi connectivity index (χ1v) is 5.60. The molecule has 0 spiro atoms. The Kier molecular flexibility index (Phi) is 3.78. The van der Waals surface area contributed by atoms with Crippen LogP contribution in [0.5, 0.6) is 11.5 Å². The Morgan fingerprint density at radius 3 is 2.76 bits per heavy atom. The predicted molar refractivity (Wildman–Crippen MR) is 66.5 cm³/mol. The number of nitrogens with zero attached hydrogens (tertiary/aromatic N) is 2. The SMILES string of the molecule is NCc1cccc(Oc2cc(Cl)nnc2Cl)c1. The molecule has 17 heavy (non-hydrogen) atoms. The normalized spacial score (nSPS) is 10.3. The summed E-state index contributed by atoms with van der Waals surface area (Å²) in [5.74, 6) is 0.986. The Morgan fingerprint density at radius 2 is 2.00 bits per heavy atom. The molecule has 0 amide bonds. The molecular weight excluding hydrogens is 261 g/mol. The quantitative estimate of drug-likeness (QED) is 0.931. The van der Waals surface area contributed by atoms with Gasteiger partial charge in [0.15, 0.2) is 16.1 Å². The molecular formula is C11H9Cl2N3O. The number of ether oxygens (including phenoxy) is 1. The van der Waals surface area contributed by atoms with Crippen molar-refractivity contribution in [1.29, 1.82) is 0 Å². The van der Waals surface area contributed by atoms with Crippen LogP contribution in [0.15, 0.2) is 30.3 Å². The third-order valence-electron chi connectivity index (χ3n) is 2.05. The van der Waals surface area contributed by atoms with E-state index in [0.717, 1.165) is 5.56 Å². The molecule has 0 radical (unpaired) electrons. The predicted octanol–water partition coefficient (Wildman–Crippen LogP) is 3.03. The standard InChI is InChI=1S/C11H9Cl2N3O/c12-10-5-9(11(13)16-15-10)17-8-3-1-2-7(4-8)6-14/h1-5H,6,14H2. The summed E-state index contributed by atoms with van der Waals surface area (Å²) < 4.78 is 5.56. The molecule has 1 aromatic carbocycles. The van der Waals surface area contributed by atoms with Crippen molar-refractivity contribution in [2.75, 3.05) is 0 Å². The second-order valence-corrected chi connectivity index (χ2v) is 4.02. The van der Waals surface area contributed by atoms with Crippen molar-refractivity contribution in [2.24, 2.45) is 5.73 Å². The second kappa shape index (κ2) is 5.31. The van der Waals surface area contributed by atoms with Crippen LogP contribution in [0, 0.1) is 0 Å². The monoisotopic (exact) mass is 269 g/mol. The lowest BCUT2D eigenvalue weighted by Gasteiger charge is -2.07. The molecule has 0 aliphatic carbocycles. The molecule has 6 heteroatoms. The molecule has 0 bridgehead atoms. The van der Waals surface area contributed by atoms with Crippen molar-refractivity contribution in [2.45, 2.75) is 6.54 Å². The van der Waals surface area contributed by atoms with Crippen LogP contribution >= 0.6 is 23.2 Å². The fourth-order valence-corrected chi connectivity index (χ4v) is 1.54. The molecule has 1 heterocycles. The number of halogens is 2. The van der Waals surface area contributed by atoms with Gasteiger partial charge in [-0.1, -0.05) is 35.3 Å². The lowest BCUT2D eigenvalue weighted by atomic mass is 10.2. The molecule has 1 aromatic heterocycles. The zero-order chi connectivity index (χ0) is 12.3. The third-order valence-corrected chi connectivity index (χ3v) is 2.50. The average Bonchev–Trinajstić information content (AvgIpc) is 2.34. The fourth-order valence-electron chi connectivity index (χ4n) is 1.27. The second-order valence-electron chi connectivity index (χ2n) is 3.28. The Hall–Kier alpha value is -1.36. The lowest BCUT2D eigenvalue weighted by molar-refractivity contribution is 0.478. The molecule has 0 aliphatic rings. The minimum atomic E-state index is 0.160. The zero-order valence-corrected chi connectivity index (χ0v) is 10.2. The highest BCUT2D eigenvalue weighted by molar-refractivity contribution is 6.32. The molecule has 2 rings (SSSR count). The maximum Gasteiger partial charge on any atom is 0.194 e. The maximum atomic E-state index is 5.84. The minimum Gasteiger partial charge on any atom is -0.454 e. The first-order valence-electron chi connectivity index (χ1n) is 4.84. The summed E-state index contributed by atoms with van der Waals surface area (Å²) >= 11 is 11.5. The van der Waals surface area contributed by atoms with E-state index in [4.69, 9.17) is 33.7 Å². The van der Waals surface area contributed by atoms with Crippen LogP contribution in [0.25, 0.3) is 0 Å². The summed E-state index contributed by atoms with van der Waals surface area (Å²) in [5.41, 5.74) is 6.51. The van der Waals surface area contributed by atoms with Gasteiger partial charge >= 0.3 is 0 Å². The number of benzene rings is 1. The van der Waals surface area contributed by atoms with Crippen LogP contribution in [0.3, 0.4) is 0 Å². The average molecular weight is 270 g/mol. The number of nitrogens with two attached hydrogens (primary N) is 1. The van der Waals surface area contributed by atoms with E-state index in [1.165, 1.54) is 6.07 Å². The van der Waals surface area contributed by atoms with E-state index in [2.05, 4.69) is 10.2 Å². The van der Waals surface area contributed by atoms with Gasteiger partial charge in [0.2, 0.25) is 0 Å². The van der Waals surface area contributed by atoms with Crippen molar-refractivity contribution in [3.63, 3.8) is 0 Å². The molecule has 4 nitrogen and oxygen atoms in total. The highest BCUT2D eigenvalue weighted by atomic mass is 35.5. The largest absolute Gasteiger partial charge is 0.454 e. The molecule has 0 saturated carbocycles. The molecule has 0 saturated heterocycles. The molecule has 2 aromatic rings. The molecule has 88 valence electrons. The summed E-state index contributed by atoms with van der Waals surface area (Å²) in [7, 11) is 0. The van der Waals surface area contributed by atoms with E-state index >= 15 is 0 Å². The fraction of sp³-hybridized carbons (Fsp3) is 0.0909.